The van der Waals surface area contributed by atoms with E-state index in [1.165, 1.54) is 11.9 Å². The fourth-order valence-corrected chi connectivity index (χ4v) is 3.98. The van der Waals surface area contributed by atoms with Gasteiger partial charge in [0.05, 0.1) is 26.2 Å². The SMILES string of the molecule is COCCOCCN(C)C(=O)C(CC(=O)O)NC(=O)OCC1c2ccccc2-c2ccccc21. The second kappa shape index (κ2) is 12.2. The van der Waals surface area contributed by atoms with E-state index in [0.717, 1.165) is 22.3 Å². The van der Waals surface area contributed by atoms with E-state index in [2.05, 4.69) is 5.32 Å². The standard InChI is InChI=1S/C25H30N2O7/c1-27(11-12-33-14-13-32-2)24(30)22(15-23(28)29)26-25(31)34-16-21-19-9-5-3-7-17(19)18-8-4-6-10-20(18)21/h3-10,21-22H,11-16H2,1-2H3,(H,26,31)(H,28,29). The fourth-order valence-electron chi connectivity index (χ4n) is 3.98. The van der Waals surface area contributed by atoms with E-state index in [-0.39, 0.29) is 25.7 Å². The summed E-state index contributed by atoms with van der Waals surface area (Å²) in [4.78, 5) is 37.9. The van der Waals surface area contributed by atoms with Crippen molar-refractivity contribution in [2.75, 3.05) is 47.1 Å². The van der Waals surface area contributed by atoms with Gasteiger partial charge in [0.2, 0.25) is 5.91 Å². The smallest absolute Gasteiger partial charge is 0.407 e. The lowest BCUT2D eigenvalue weighted by Gasteiger charge is -2.24. The number of ether oxygens (including phenoxy) is 3. The molecule has 1 aliphatic rings. The average molecular weight is 471 g/mol. The maximum atomic E-state index is 12.7. The van der Waals surface area contributed by atoms with Crippen molar-refractivity contribution in [2.45, 2.75) is 18.4 Å². The van der Waals surface area contributed by atoms with Crippen molar-refractivity contribution in [3.8, 4) is 11.1 Å². The Bertz CT molecular complexity index is 965. The Hall–Kier alpha value is -3.43. The highest BCUT2D eigenvalue weighted by Crippen LogP contribution is 2.44. The van der Waals surface area contributed by atoms with Crippen LogP contribution in [0.5, 0.6) is 0 Å². The first-order valence-corrected chi connectivity index (χ1v) is 11.1. The molecular weight excluding hydrogens is 440 g/mol. The molecule has 0 saturated carbocycles. The van der Waals surface area contributed by atoms with Gasteiger partial charge in [-0.25, -0.2) is 4.79 Å². The molecule has 2 aromatic carbocycles. The second-order valence-corrected chi connectivity index (χ2v) is 7.99. The molecule has 3 rings (SSSR count). The molecule has 1 aliphatic carbocycles. The number of methoxy groups -OCH3 is 1. The molecule has 2 amide bonds. The summed E-state index contributed by atoms with van der Waals surface area (Å²) in [5.41, 5.74) is 4.31. The molecule has 1 atom stereocenters. The Balaban J connectivity index is 1.59. The number of carbonyl (C=O) groups is 3. The van der Waals surface area contributed by atoms with E-state index in [1.807, 2.05) is 48.5 Å². The van der Waals surface area contributed by atoms with E-state index < -0.39 is 30.4 Å². The van der Waals surface area contributed by atoms with Crippen LogP contribution in [-0.4, -0.2) is 81.1 Å². The van der Waals surface area contributed by atoms with Crippen LogP contribution in [0.4, 0.5) is 4.79 Å². The number of nitrogens with one attached hydrogen (secondary N) is 1. The first kappa shape index (κ1) is 25.2. The summed E-state index contributed by atoms with van der Waals surface area (Å²) in [6, 6.07) is 14.6. The van der Waals surface area contributed by atoms with Gasteiger partial charge < -0.3 is 29.5 Å². The van der Waals surface area contributed by atoms with Crippen molar-refractivity contribution in [3.05, 3.63) is 59.7 Å². The first-order valence-electron chi connectivity index (χ1n) is 11.1. The highest BCUT2D eigenvalue weighted by Gasteiger charge is 2.31. The maximum absolute atomic E-state index is 12.7. The van der Waals surface area contributed by atoms with Crippen LogP contribution >= 0.6 is 0 Å². The van der Waals surface area contributed by atoms with Gasteiger partial charge in [0.1, 0.15) is 12.6 Å². The Labute approximate surface area is 198 Å². The minimum absolute atomic E-state index is 0.0665. The maximum Gasteiger partial charge on any atom is 0.407 e. The highest BCUT2D eigenvalue weighted by atomic mass is 16.5. The molecule has 9 nitrogen and oxygen atoms in total. The van der Waals surface area contributed by atoms with Gasteiger partial charge in [-0.05, 0) is 22.3 Å². The van der Waals surface area contributed by atoms with Crippen LogP contribution in [0.1, 0.15) is 23.5 Å². The van der Waals surface area contributed by atoms with Gasteiger partial charge in [0, 0.05) is 26.6 Å². The molecule has 0 fully saturated rings. The van der Waals surface area contributed by atoms with Crippen molar-refractivity contribution in [2.24, 2.45) is 0 Å². The van der Waals surface area contributed by atoms with Crippen molar-refractivity contribution in [1.82, 2.24) is 10.2 Å². The van der Waals surface area contributed by atoms with E-state index in [1.54, 1.807) is 7.11 Å². The summed E-state index contributed by atoms with van der Waals surface area (Å²) < 4.78 is 15.7. The van der Waals surface area contributed by atoms with Crippen LogP contribution in [0, 0.1) is 0 Å². The number of aliphatic carboxylic acids is 1. The molecule has 2 N–H and O–H groups in total. The predicted molar refractivity (Wildman–Crippen MR) is 125 cm³/mol. The van der Waals surface area contributed by atoms with Crippen molar-refractivity contribution >= 4 is 18.0 Å². The zero-order valence-electron chi connectivity index (χ0n) is 19.4. The number of hydrogen-bond donors (Lipinski definition) is 2. The predicted octanol–water partition coefficient (Wildman–Crippen LogP) is 2.49. The minimum atomic E-state index is -1.25. The van der Waals surface area contributed by atoms with Gasteiger partial charge in [-0.2, -0.15) is 0 Å². The van der Waals surface area contributed by atoms with E-state index in [4.69, 9.17) is 14.2 Å². The van der Waals surface area contributed by atoms with Crippen LogP contribution in [0.25, 0.3) is 11.1 Å². The van der Waals surface area contributed by atoms with Gasteiger partial charge in [0.25, 0.3) is 0 Å². The number of carbonyl (C=O) groups excluding carboxylic acids is 2. The molecule has 0 radical (unpaired) electrons. The first-order chi connectivity index (χ1) is 16.4. The van der Waals surface area contributed by atoms with Gasteiger partial charge in [-0.3, -0.25) is 9.59 Å². The minimum Gasteiger partial charge on any atom is -0.481 e. The van der Waals surface area contributed by atoms with E-state index in [9.17, 15) is 19.5 Å². The Morgan fingerprint density at radius 1 is 1.00 bits per heavy atom. The lowest BCUT2D eigenvalue weighted by Crippen LogP contribution is -2.49. The summed E-state index contributed by atoms with van der Waals surface area (Å²) in [5, 5.41) is 11.6. The summed E-state index contributed by atoms with van der Waals surface area (Å²) in [7, 11) is 3.08. The number of alkyl carbamates (subject to hydrolysis) is 1. The largest absolute Gasteiger partial charge is 0.481 e. The molecule has 0 heterocycles. The molecule has 34 heavy (non-hydrogen) atoms. The molecule has 9 heteroatoms. The third kappa shape index (κ3) is 6.33. The molecule has 0 aromatic heterocycles. The van der Waals surface area contributed by atoms with Crippen LogP contribution in [0.3, 0.4) is 0 Å². The van der Waals surface area contributed by atoms with Gasteiger partial charge in [-0.15, -0.1) is 0 Å². The normalized spacial score (nSPS) is 13.0. The number of likely N-dealkylation sites (N-methyl/N-ethyl adjacent to an activating group) is 1. The van der Waals surface area contributed by atoms with Gasteiger partial charge in [0.15, 0.2) is 0 Å². The van der Waals surface area contributed by atoms with Gasteiger partial charge in [-0.1, -0.05) is 48.5 Å². The highest BCUT2D eigenvalue weighted by molar-refractivity contribution is 5.89. The molecule has 1 unspecified atom stereocenters. The number of fused-ring (bicyclic) bond motifs is 3. The third-order valence-corrected chi connectivity index (χ3v) is 5.69. The average Bonchev–Trinajstić information content (AvgIpc) is 3.15. The topological polar surface area (TPSA) is 114 Å². The van der Waals surface area contributed by atoms with Crippen molar-refractivity contribution in [1.29, 1.82) is 0 Å². The number of rotatable bonds is 12. The van der Waals surface area contributed by atoms with Crippen LogP contribution in [0.15, 0.2) is 48.5 Å². The molecule has 0 bridgehead atoms. The molecule has 0 spiro atoms. The summed E-state index contributed by atoms with van der Waals surface area (Å²) in [6.45, 7) is 1.39. The molecule has 0 aliphatic heterocycles. The number of carboxylic acids is 1. The van der Waals surface area contributed by atoms with Gasteiger partial charge >= 0.3 is 12.1 Å². The van der Waals surface area contributed by atoms with E-state index >= 15 is 0 Å². The number of benzene rings is 2. The van der Waals surface area contributed by atoms with Crippen molar-refractivity contribution < 1.29 is 33.7 Å². The molecular formula is C25H30N2O7. The lowest BCUT2D eigenvalue weighted by molar-refractivity contribution is -0.142. The number of hydrogen-bond acceptors (Lipinski definition) is 6. The quantitative estimate of drug-likeness (QED) is 0.458. The number of amides is 2. The van der Waals surface area contributed by atoms with Crippen LogP contribution in [0.2, 0.25) is 0 Å². The monoisotopic (exact) mass is 470 g/mol. The van der Waals surface area contributed by atoms with Crippen molar-refractivity contribution in [3.63, 3.8) is 0 Å². The third-order valence-electron chi connectivity index (χ3n) is 5.69. The summed E-state index contributed by atoms with van der Waals surface area (Å²) in [5.74, 6) is -1.88. The fraction of sp³-hybridized carbons (Fsp3) is 0.400. The molecule has 182 valence electrons. The lowest BCUT2D eigenvalue weighted by atomic mass is 9.98. The number of nitrogens with zero attached hydrogens (tertiary/aromatic N) is 1. The molecule has 2 aromatic rings. The summed E-state index contributed by atoms with van der Waals surface area (Å²) >= 11 is 0. The zero-order chi connectivity index (χ0) is 24.5. The van der Waals surface area contributed by atoms with E-state index in [0.29, 0.717) is 13.2 Å². The Morgan fingerprint density at radius 3 is 2.21 bits per heavy atom. The van der Waals surface area contributed by atoms with Crippen LogP contribution in [-0.2, 0) is 23.8 Å². The number of carboxylic acid groups (broad SMARTS) is 1. The van der Waals surface area contributed by atoms with Crippen LogP contribution < -0.4 is 5.32 Å². The zero-order valence-corrected chi connectivity index (χ0v) is 19.4. The molecule has 0 saturated heterocycles. The Kier molecular flexibility index (Phi) is 9.00. The summed E-state index contributed by atoms with van der Waals surface area (Å²) in [6.07, 6.45) is -1.40. The second-order valence-electron chi connectivity index (χ2n) is 7.99. The Morgan fingerprint density at radius 2 is 1.62 bits per heavy atom.